The van der Waals surface area contributed by atoms with Crippen molar-refractivity contribution in [1.29, 1.82) is 0 Å². The molecule has 0 unspecified atom stereocenters. The Morgan fingerprint density at radius 2 is 1.18 bits per heavy atom. The van der Waals surface area contributed by atoms with Gasteiger partial charge in [0.2, 0.25) is 0 Å². The second-order valence-electron chi connectivity index (χ2n) is 9.46. The zero-order chi connectivity index (χ0) is 25.1. The molecule has 0 spiro atoms. The second kappa shape index (κ2) is 8.37. The summed E-state index contributed by atoms with van der Waals surface area (Å²) in [6, 6.07) is 44.6. The monoisotopic (exact) mass is 503 g/mol. The van der Waals surface area contributed by atoms with Crippen LogP contribution in [0.15, 0.2) is 127 Å². The minimum atomic E-state index is 0.719. The Bertz CT molecular complexity index is 2070. The van der Waals surface area contributed by atoms with Crippen LogP contribution < -0.4 is 0 Å². The van der Waals surface area contributed by atoms with E-state index in [0.717, 1.165) is 34.0 Å². The fourth-order valence-corrected chi connectivity index (χ4v) is 6.73. The summed E-state index contributed by atoms with van der Waals surface area (Å²) in [5.41, 5.74) is 5.31. The lowest BCUT2D eigenvalue weighted by atomic mass is 10.1. The molecule has 0 N–H and O–H groups in total. The second-order valence-corrected chi connectivity index (χ2v) is 10.5. The Kier molecular flexibility index (Phi) is 4.69. The minimum absolute atomic E-state index is 0.719. The number of hydrogen-bond acceptors (Lipinski definition) is 3. The van der Waals surface area contributed by atoms with Gasteiger partial charge in [-0.25, -0.2) is 9.97 Å². The first-order chi connectivity index (χ1) is 18.8. The molecule has 38 heavy (non-hydrogen) atoms. The Hall–Kier alpha value is -4.80. The van der Waals surface area contributed by atoms with Gasteiger partial charge < -0.3 is 0 Å². The third-order valence-electron chi connectivity index (χ3n) is 7.22. The van der Waals surface area contributed by atoms with Crippen molar-refractivity contribution in [2.24, 2.45) is 0 Å². The van der Waals surface area contributed by atoms with Crippen LogP contribution in [0.3, 0.4) is 0 Å². The molecule has 3 heterocycles. The number of benzene rings is 5. The average Bonchev–Trinajstić information content (AvgIpc) is 3.54. The molecule has 178 valence electrons. The molecule has 4 heteroatoms. The van der Waals surface area contributed by atoms with Crippen LogP contribution in [0, 0.1) is 0 Å². The summed E-state index contributed by atoms with van der Waals surface area (Å²) >= 11 is 1.85. The van der Waals surface area contributed by atoms with Crippen LogP contribution in [0.4, 0.5) is 0 Å². The molecule has 3 aromatic heterocycles. The molecule has 5 aromatic carbocycles. The van der Waals surface area contributed by atoms with Gasteiger partial charge in [-0.1, -0.05) is 109 Å². The average molecular weight is 504 g/mol. The largest absolute Gasteiger partial charge is 0.292 e. The zero-order valence-corrected chi connectivity index (χ0v) is 21.2. The number of nitrogens with zero attached hydrogens (tertiary/aromatic N) is 3. The van der Waals surface area contributed by atoms with Crippen molar-refractivity contribution in [3.8, 4) is 28.5 Å². The Balaban J connectivity index is 1.53. The highest BCUT2D eigenvalue weighted by Crippen LogP contribution is 2.43. The number of para-hydroxylation sites is 1. The van der Waals surface area contributed by atoms with Gasteiger partial charge in [0.05, 0.1) is 21.4 Å². The molecule has 0 saturated heterocycles. The standard InChI is InChI=1S/C34H21N3S/c1-3-11-22(12-4-1)28-21-31(36-34(35-28)23-13-5-2-6-14-23)37-29-17-9-7-15-24(29)26-19-20-27-25-16-8-10-18-30(25)38-33(27)32(26)37/h1-21H. The molecule has 0 aliphatic rings. The van der Waals surface area contributed by atoms with Gasteiger partial charge in [0, 0.05) is 43.4 Å². The molecule has 0 bridgehead atoms. The number of hydrogen-bond donors (Lipinski definition) is 0. The van der Waals surface area contributed by atoms with Crippen LogP contribution in [0.5, 0.6) is 0 Å². The first kappa shape index (κ1) is 21.3. The molecule has 0 saturated carbocycles. The Labute approximate surface area is 223 Å². The first-order valence-electron chi connectivity index (χ1n) is 12.7. The highest BCUT2D eigenvalue weighted by molar-refractivity contribution is 7.26. The van der Waals surface area contributed by atoms with Gasteiger partial charge in [0.15, 0.2) is 5.82 Å². The number of fused-ring (bicyclic) bond motifs is 7. The molecule has 0 fully saturated rings. The van der Waals surface area contributed by atoms with E-state index in [2.05, 4.69) is 108 Å². The molecule has 8 aromatic rings. The van der Waals surface area contributed by atoms with E-state index < -0.39 is 0 Å². The number of aromatic nitrogens is 3. The summed E-state index contributed by atoms with van der Waals surface area (Å²) in [6.45, 7) is 0. The van der Waals surface area contributed by atoms with E-state index in [-0.39, 0.29) is 0 Å². The fourth-order valence-electron chi connectivity index (χ4n) is 5.49. The predicted octanol–water partition coefficient (Wildman–Crippen LogP) is 9.28. The summed E-state index contributed by atoms with van der Waals surface area (Å²) in [5, 5.41) is 5.04. The van der Waals surface area contributed by atoms with Crippen LogP contribution in [-0.2, 0) is 0 Å². The topological polar surface area (TPSA) is 30.7 Å². The van der Waals surface area contributed by atoms with Crippen LogP contribution in [0.1, 0.15) is 0 Å². The molecule has 0 amide bonds. The molecular weight excluding hydrogens is 482 g/mol. The minimum Gasteiger partial charge on any atom is -0.292 e. The van der Waals surface area contributed by atoms with Gasteiger partial charge in [0.25, 0.3) is 0 Å². The van der Waals surface area contributed by atoms with E-state index in [9.17, 15) is 0 Å². The predicted molar refractivity (Wildman–Crippen MR) is 160 cm³/mol. The van der Waals surface area contributed by atoms with E-state index in [4.69, 9.17) is 9.97 Å². The van der Waals surface area contributed by atoms with Crippen molar-refractivity contribution in [3.63, 3.8) is 0 Å². The van der Waals surface area contributed by atoms with E-state index in [1.54, 1.807) is 0 Å². The molecule has 0 atom stereocenters. The van der Waals surface area contributed by atoms with Gasteiger partial charge in [-0.05, 0) is 12.1 Å². The SMILES string of the molecule is c1ccc(-c2cc(-n3c4ccccc4c4ccc5c6ccccc6sc5c43)nc(-c3ccccc3)n2)cc1. The maximum Gasteiger partial charge on any atom is 0.162 e. The van der Waals surface area contributed by atoms with E-state index in [0.29, 0.717) is 0 Å². The van der Waals surface area contributed by atoms with E-state index in [1.807, 2.05) is 35.6 Å². The van der Waals surface area contributed by atoms with E-state index in [1.165, 1.54) is 36.5 Å². The highest BCUT2D eigenvalue weighted by Gasteiger charge is 2.19. The van der Waals surface area contributed by atoms with Crippen molar-refractivity contribution in [2.75, 3.05) is 0 Å². The molecule has 0 radical (unpaired) electrons. The van der Waals surface area contributed by atoms with Crippen LogP contribution in [0.25, 0.3) is 70.4 Å². The van der Waals surface area contributed by atoms with Gasteiger partial charge in [0.1, 0.15) is 5.82 Å². The number of thiophene rings is 1. The van der Waals surface area contributed by atoms with Crippen molar-refractivity contribution in [2.45, 2.75) is 0 Å². The normalized spacial score (nSPS) is 11.7. The van der Waals surface area contributed by atoms with Crippen molar-refractivity contribution >= 4 is 53.3 Å². The van der Waals surface area contributed by atoms with Gasteiger partial charge >= 0.3 is 0 Å². The van der Waals surface area contributed by atoms with E-state index >= 15 is 0 Å². The zero-order valence-electron chi connectivity index (χ0n) is 20.4. The smallest absolute Gasteiger partial charge is 0.162 e. The highest BCUT2D eigenvalue weighted by atomic mass is 32.1. The maximum atomic E-state index is 5.19. The molecular formula is C34H21N3S. The third kappa shape index (κ3) is 3.21. The van der Waals surface area contributed by atoms with Crippen molar-refractivity contribution in [3.05, 3.63) is 127 Å². The van der Waals surface area contributed by atoms with Crippen LogP contribution in [0.2, 0.25) is 0 Å². The van der Waals surface area contributed by atoms with Crippen LogP contribution >= 0.6 is 11.3 Å². The lowest BCUT2D eigenvalue weighted by Gasteiger charge is -2.12. The molecule has 0 aliphatic carbocycles. The third-order valence-corrected chi connectivity index (χ3v) is 8.42. The molecule has 0 aliphatic heterocycles. The van der Waals surface area contributed by atoms with Crippen molar-refractivity contribution in [1.82, 2.24) is 14.5 Å². The van der Waals surface area contributed by atoms with Crippen LogP contribution in [-0.4, -0.2) is 14.5 Å². The summed E-state index contributed by atoms with van der Waals surface area (Å²) < 4.78 is 4.91. The lowest BCUT2D eigenvalue weighted by molar-refractivity contribution is 1.05. The van der Waals surface area contributed by atoms with Gasteiger partial charge in [-0.3, -0.25) is 4.57 Å². The molecule has 3 nitrogen and oxygen atoms in total. The fraction of sp³-hybridized carbons (Fsp3) is 0. The Morgan fingerprint density at radius 3 is 2.00 bits per heavy atom. The summed E-state index contributed by atoms with van der Waals surface area (Å²) in [5.74, 6) is 1.59. The quantitative estimate of drug-likeness (QED) is 0.240. The van der Waals surface area contributed by atoms with Crippen molar-refractivity contribution < 1.29 is 0 Å². The van der Waals surface area contributed by atoms with Gasteiger partial charge in [-0.15, -0.1) is 11.3 Å². The Morgan fingerprint density at radius 1 is 0.526 bits per heavy atom. The summed E-state index contributed by atoms with van der Waals surface area (Å²) in [6.07, 6.45) is 0. The first-order valence-corrected chi connectivity index (χ1v) is 13.5. The lowest BCUT2D eigenvalue weighted by Crippen LogP contribution is -2.02. The maximum absolute atomic E-state index is 5.19. The summed E-state index contributed by atoms with van der Waals surface area (Å²) in [7, 11) is 0. The number of rotatable bonds is 3. The van der Waals surface area contributed by atoms with Gasteiger partial charge in [-0.2, -0.15) is 0 Å². The summed E-state index contributed by atoms with van der Waals surface area (Å²) in [4.78, 5) is 10.2. The molecule has 8 rings (SSSR count).